The molecule has 114 valence electrons. The number of ether oxygens (including phenoxy) is 1. The van der Waals surface area contributed by atoms with Gasteiger partial charge in [-0.05, 0) is 37.5 Å². The normalized spacial score (nSPS) is 13.7. The molecule has 1 saturated carbocycles. The SMILES string of the molecule is COc1ccc(CNC(=O)c2cnc(C3CC3)nc2C)cc1. The van der Waals surface area contributed by atoms with Crippen molar-refractivity contribution < 1.29 is 9.53 Å². The van der Waals surface area contributed by atoms with Gasteiger partial charge >= 0.3 is 0 Å². The molecular formula is C17H19N3O2. The molecule has 0 bridgehead atoms. The van der Waals surface area contributed by atoms with E-state index in [0.717, 1.165) is 35.7 Å². The summed E-state index contributed by atoms with van der Waals surface area (Å²) in [6, 6.07) is 7.61. The number of nitrogens with zero attached hydrogens (tertiary/aromatic N) is 2. The van der Waals surface area contributed by atoms with Gasteiger partial charge in [-0.25, -0.2) is 9.97 Å². The maximum atomic E-state index is 12.2. The van der Waals surface area contributed by atoms with Gasteiger partial charge in [-0.1, -0.05) is 12.1 Å². The molecule has 5 nitrogen and oxygen atoms in total. The molecule has 22 heavy (non-hydrogen) atoms. The van der Waals surface area contributed by atoms with Crippen molar-refractivity contribution in [2.45, 2.75) is 32.2 Å². The van der Waals surface area contributed by atoms with E-state index in [-0.39, 0.29) is 5.91 Å². The molecule has 1 aromatic carbocycles. The molecule has 1 amide bonds. The number of aryl methyl sites for hydroxylation is 1. The first-order valence-electron chi connectivity index (χ1n) is 7.42. The Morgan fingerprint density at radius 2 is 2.05 bits per heavy atom. The van der Waals surface area contributed by atoms with Crippen LogP contribution in [-0.2, 0) is 6.54 Å². The highest BCUT2D eigenvalue weighted by Gasteiger charge is 2.27. The van der Waals surface area contributed by atoms with Gasteiger partial charge in [0.15, 0.2) is 0 Å². The second-order valence-electron chi connectivity index (χ2n) is 5.53. The van der Waals surface area contributed by atoms with E-state index >= 15 is 0 Å². The van der Waals surface area contributed by atoms with Crippen LogP contribution in [0.3, 0.4) is 0 Å². The summed E-state index contributed by atoms with van der Waals surface area (Å²) in [5, 5.41) is 2.90. The predicted molar refractivity (Wildman–Crippen MR) is 82.9 cm³/mol. The van der Waals surface area contributed by atoms with Crippen LogP contribution >= 0.6 is 0 Å². The maximum absolute atomic E-state index is 12.2. The van der Waals surface area contributed by atoms with E-state index in [9.17, 15) is 4.79 Å². The van der Waals surface area contributed by atoms with Crippen molar-refractivity contribution in [1.29, 1.82) is 0 Å². The van der Waals surface area contributed by atoms with Gasteiger partial charge in [0.1, 0.15) is 11.6 Å². The number of rotatable bonds is 5. The van der Waals surface area contributed by atoms with Gasteiger partial charge in [0, 0.05) is 18.7 Å². The van der Waals surface area contributed by atoms with E-state index in [1.54, 1.807) is 13.3 Å². The number of amides is 1. The highest BCUT2D eigenvalue weighted by atomic mass is 16.5. The first kappa shape index (κ1) is 14.5. The second kappa shape index (κ2) is 6.13. The number of nitrogens with one attached hydrogen (secondary N) is 1. The molecule has 2 aromatic rings. The number of benzene rings is 1. The monoisotopic (exact) mass is 297 g/mol. The lowest BCUT2D eigenvalue weighted by Gasteiger charge is -2.08. The molecule has 1 aromatic heterocycles. The average molecular weight is 297 g/mol. The summed E-state index contributed by atoms with van der Waals surface area (Å²) >= 11 is 0. The van der Waals surface area contributed by atoms with Crippen LogP contribution in [0.2, 0.25) is 0 Å². The lowest BCUT2D eigenvalue weighted by Crippen LogP contribution is -2.24. The van der Waals surface area contributed by atoms with Crippen LogP contribution in [0.25, 0.3) is 0 Å². The van der Waals surface area contributed by atoms with Gasteiger partial charge in [0.25, 0.3) is 5.91 Å². The molecule has 1 aliphatic carbocycles. The summed E-state index contributed by atoms with van der Waals surface area (Å²) in [6.45, 7) is 2.32. The highest BCUT2D eigenvalue weighted by molar-refractivity contribution is 5.94. The summed E-state index contributed by atoms with van der Waals surface area (Å²) in [5.41, 5.74) is 2.30. The molecule has 1 N–H and O–H groups in total. The molecule has 0 atom stereocenters. The smallest absolute Gasteiger partial charge is 0.254 e. The fourth-order valence-corrected chi connectivity index (χ4v) is 2.27. The average Bonchev–Trinajstić information content (AvgIpc) is 3.38. The van der Waals surface area contributed by atoms with Crippen molar-refractivity contribution in [2.24, 2.45) is 0 Å². The molecule has 0 saturated heterocycles. The zero-order valence-electron chi connectivity index (χ0n) is 12.8. The molecule has 1 aliphatic rings. The quantitative estimate of drug-likeness (QED) is 0.921. The molecule has 0 aliphatic heterocycles. The minimum absolute atomic E-state index is 0.143. The molecule has 3 rings (SSSR count). The summed E-state index contributed by atoms with van der Waals surface area (Å²) in [5.74, 6) is 2.02. The van der Waals surface area contributed by atoms with Gasteiger partial charge in [0.2, 0.25) is 0 Å². The highest BCUT2D eigenvalue weighted by Crippen LogP contribution is 2.37. The zero-order chi connectivity index (χ0) is 15.5. The van der Waals surface area contributed by atoms with Crippen LogP contribution in [0.4, 0.5) is 0 Å². The Hall–Kier alpha value is -2.43. The number of hydrogen-bond acceptors (Lipinski definition) is 4. The van der Waals surface area contributed by atoms with Gasteiger partial charge in [-0.3, -0.25) is 4.79 Å². The molecule has 0 radical (unpaired) electrons. The standard InChI is InChI=1S/C17H19N3O2/c1-11-15(10-18-16(20-11)13-5-6-13)17(21)19-9-12-3-7-14(22-2)8-4-12/h3-4,7-8,10,13H,5-6,9H2,1-2H3,(H,19,21). The van der Waals surface area contributed by atoms with Gasteiger partial charge in [-0.2, -0.15) is 0 Å². The molecule has 0 unspecified atom stereocenters. The second-order valence-corrected chi connectivity index (χ2v) is 5.53. The van der Waals surface area contributed by atoms with E-state index < -0.39 is 0 Å². The van der Waals surface area contributed by atoms with Crippen molar-refractivity contribution in [3.63, 3.8) is 0 Å². The Morgan fingerprint density at radius 1 is 1.32 bits per heavy atom. The molecule has 1 heterocycles. The summed E-state index contributed by atoms with van der Waals surface area (Å²) in [7, 11) is 1.63. The van der Waals surface area contributed by atoms with E-state index in [1.807, 2.05) is 31.2 Å². The third-order valence-electron chi connectivity index (χ3n) is 3.80. The van der Waals surface area contributed by atoms with Crippen LogP contribution in [0.15, 0.2) is 30.5 Å². The van der Waals surface area contributed by atoms with Crippen LogP contribution in [0.5, 0.6) is 5.75 Å². The number of hydrogen-bond donors (Lipinski definition) is 1. The topological polar surface area (TPSA) is 64.1 Å². The minimum Gasteiger partial charge on any atom is -0.497 e. The number of carbonyl (C=O) groups excluding carboxylic acids is 1. The lowest BCUT2D eigenvalue weighted by molar-refractivity contribution is 0.0949. The van der Waals surface area contributed by atoms with Crippen LogP contribution in [0.1, 0.15) is 46.2 Å². The number of methoxy groups -OCH3 is 1. The zero-order valence-corrected chi connectivity index (χ0v) is 12.8. The Kier molecular flexibility index (Phi) is 4.04. The number of aromatic nitrogens is 2. The fraction of sp³-hybridized carbons (Fsp3) is 0.353. The maximum Gasteiger partial charge on any atom is 0.254 e. The van der Waals surface area contributed by atoms with Crippen LogP contribution in [-0.4, -0.2) is 23.0 Å². The summed E-state index contributed by atoms with van der Waals surface area (Å²) < 4.78 is 5.11. The Labute approximate surface area is 129 Å². The van der Waals surface area contributed by atoms with E-state index in [2.05, 4.69) is 15.3 Å². The first-order valence-corrected chi connectivity index (χ1v) is 7.42. The first-order chi connectivity index (χ1) is 10.7. The Bertz CT molecular complexity index is 679. The molecular weight excluding hydrogens is 278 g/mol. The third-order valence-corrected chi connectivity index (χ3v) is 3.80. The number of carbonyl (C=O) groups is 1. The molecule has 0 spiro atoms. The van der Waals surface area contributed by atoms with E-state index in [0.29, 0.717) is 18.0 Å². The third kappa shape index (κ3) is 3.24. The van der Waals surface area contributed by atoms with Crippen molar-refractivity contribution in [3.8, 4) is 5.75 Å². The van der Waals surface area contributed by atoms with Crippen LogP contribution < -0.4 is 10.1 Å². The largest absolute Gasteiger partial charge is 0.497 e. The molecule has 1 fully saturated rings. The van der Waals surface area contributed by atoms with Gasteiger partial charge in [-0.15, -0.1) is 0 Å². The lowest BCUT2D eigenvalue weighted by atomic mass is 10.2. The van der Waals surface area contributed by atoms with Crippen molar-refractivity contribution in [3.05, 3.63) is 53.1 Å². The van der Waals surface area contributed by atoms with Gasteiger partial charge < -0.3 is 10.1 Å². The predicted octanol–water partition coefficient (Wildman–Crippen LogP) is 2.60. The summed E-state index contributed by atoms with van der Waals surface area (Å²) in [4.78, 5) is 21.0. The van der Waals surface area contributed by atoms with E-state index in [4.69, 9.17) is 4.74 Å². The van der Waals surface area contributed by atoms with E-state index in [1.165, 1.54) is 0 Å². The minimum atomic E-state index is -0.143. The van der Waals surface area contributed by atoms with Gasteiger partial charge in [0.05, 0.1) is 18.4 Å². The van der Waals surface area contributed by atoms with Crippen molar-refractivity contribution >= 4 is 5.91 Å². The molecule has 5 heteroatoms. The Balaban J connectivity index is 1.63. The fourth-order valence-electron chi connectivity index (χ4n) is 2.27. The van der Waals surface area contributed by atoms with Crippen molar-refractivity contribution in [2.75, 3.05) is 7.11 Å². The van der Waals surface area contributed by atoms with Crippen LogP contribution in [0, 0.1) is 6.92 Å². The van der Waals surface area contributed by atoms with Crippen molar-refractivity contribution in [1.82, 2.24) is 15.3 Å². The summed E-state index contributed by atoms with van der Waals surface area (Å²) in [6.07, 6.45) is 3.95. The Morgan fingerprint density at radius 3 is 2.64 bits per heavy atom.